The highest BCUT2D eigenvalue weighted by atomic mass is 16.5. The first-order valence-electron chi connectivity index (χ1n) is 11.5. The van der Waals surface area contributed by atoms with Gasteiger partial charge in [0, 0.05) is 12.1 Å². The first kappa shape index (κ1) is 21.5. The van der Waals surface area contributed by atoms with Gasteiger partial charge in [0.05, 0.1) is 42.6 Å². The standard InChI is InChI=1S/C26H30N4O3/c1-16-23(31-3)13-12-18(24(16)32-4)26-29-21(17(2)33-26)15-30-14-8-7-11-22(30)25-27-19-9-5-6-10-20(19)28-25/h5-6,9-10,12-13,22H,7-8,11,14-15H2,1-4H3,(H,27,28). The van der Waals surface area contributed by atoms with E-state index >= 15 is 0 Å². The number of ether oxygens (including phenoxy) is 2. The molecule has 1 fully saturated rings. The fraction of sp³-hybridized carbons (Fsp3) is 0.385. The Hall–Kier alpha value is -3.32. The molecule has 1 N–H and O–H groups in total. The second-order valence-corrected chi connectivity index (χ2v) is 8.62. The molecule has 0 radical (unpaired) electrons. The number of para-hydroxylation sites is 2. The van der Waals surface area contributed by atoms with Crippen molar-refractivity contribution in [2.75, 3.05) is 20.8 Å². The van der Waals surface area contributed by atoms with Crippen LogP contribution in [0.25, 0.3) is 22.5 Å². The van der Waals surface area contributed by atoms with E-state index in [4.69, 9.17) is 23.9 Å². The van der Waals surface area contributed by atoms with Crippen LogP contribution >= 0.6 is 0 Å². The van der Waals surface area contributed by atoms with Crippen LogP contribution in [-0.4, -0.2) is 40.6 Å². The number of oxazole rings is 1. The lowest BCUT2D eigenvalue weighted by molar-refractivity contribution is 0.132. The Morgan fingerprint density at radius 1 is 1.06 bits per heavy atom. The summed E-state index contributed by atoms with van der Waals surface area (Å²) in [7, 11) is 3.32. The normalized spacial score (nSPS) is 16.9. The van der Waals surface area contributed by atoms with Crippen LogP contribution in [0.4, 0.5) is 0 Å². The summed E-state index contributed by atoms with van der Waals surface area (Å²) in [5.74, 6) is 3.93. The lowest BCUT2D eigenvalue weighted by atomic mass is 10.0. The first-order chi connectivity index (χ1) is 16.1. The molecule has 2 aromatic carbocycles. The average molecular weight is 447 g/mol. The number of rotatable bonds is 6. The Kier molecular flexibility index (Phi) is 5.81. The first-order valence-corrected chi connectivity index (χ1v) is 11.5. The molecule has 7 heteroatoms. The minimum atomic E-state index is 0.239. The highest BCUT2D eigenvalue weighted by Crippen LogP contribution is 2.38. The van der Waals surface area contributed by atoms with Gasteiger partial charge in [0.15, 0.2) is 0 Å². The number of methoxy groups -OCH3 is 2. The summed E-state index contributed by atoms with van der Waals surface area (Å²) in [5, 5.41) is 0. The molecule has 1 atom stereocenters. The number of aromatic amines is 1. The fourth-order valence-corrected chi connectivity index (χ4v) is 4.83. The van der Waals surface area contributed by atoms with Gasteiger partial charge < -0.3 is 18.9 Å². The molecule has 0 aliphatic carbocycles. The van der Waals surface area contributed by atoms with Crippen molar-refractivity contribution in [2.45, 2.75) is 45.7 Å². The van der Waals surface area contributed by atoms with E-state index in [-0.39, 0.29) is 6.04 Å². The summed E-state index contributed by atoms with van der Waals surface area (Å²) in [6, 6.07) is 12.3. The van der Waals surface area contributed by atoms with Gasteiger partial charge in [-0.15, -0.1) is 0 Å². The fourth-order valence-electron chi connectivity index (χ4n) is 4.83. The minimum Gasteiger partial charge on any atom is -0.496 e. The van der Waals surface area contributed by atoms with Gasteiger partial charge in [-0.05, 0) is 57.5 Å². The number of H-pyrrole nitrogens is 1. The maximum absolute atomic E-state index is 6.12. The van der Waals surface area contributed by atoms with E-state index in [0.29, 0.717) is 12.4 Å². The number of imidazole rings is 1. The van der Waals surface area contributed by atoms with Crippen molar-refractivity contribution in [3.8, 4) is 23.0 Å². The molecular weight excluding hydrogens is 416 g/mol. The molecule has 1 unspecified atom stereocenters. The molecule has 33 heavy (non-hydrogen) atoms. The number of likely N-dealkylation sites (tertiary alicyclic amines) is 1. The number of fused-ring (bicyclic) bond motifs is 1. The summed E-state index contributed by atoms with van der Waals surface area (Å²) in [6.45, 7) is 5.68. The van der Waals surface area contributed by atoms with Gasteiger partial charge in [-0.2, -0.15) is 0 Å². The van der Waals surface area contributed by atoms with Gasteiger partial charge >= 0.3 is 0 Å². The second-order valence-electron chi connectivity index (χ2n) is 8.62. The average Bonchev–Trinajstić information content (AvgIpc) is 3.42. The quantitative estimate of drug-likeness (QED) is 0.417. The Morgan fingerprint density at radius 2 is 1.91 bits per heavy atom. The molecular formula is C26H30N4O3. The Labute approximate surface area is 193 Å². The van der Waals surface area contributed by atoms with Gasteiger partial charge in [-0.3, -0.25) is 4.90 Å². The van der Waals surface area contributed by atoms with Crippen molar-refractivity contribution in [3.05, 3.63) is 59.2 Å². The van der Waals surface area contributed by atoms with Crippen molar-refractivity contribution in [2.24, 2.45) is 0 Å². The minimum absolute atomic E-state index is 0.239. The SMILES string of the molecule is COc1ccc(-c2nc(CN3CCCCC3c3nc4ccccc4[nH]3)c(C)o2)c(OC)c1C. The second kappa shape index (κ2) is 8.90. The van der Waals surface area contributed by atoms with E-state index in [0.717, 1.165) is 63.9 Å². The Bertz CT molecular complexity index is 1240. The maximum atomic E-state index is 6.12. The summed E-state index contributed by atoms with van der Waals surface area (Å²) in [5.41, 5.74) is 4.80. The largest absolute Gasteiger partial charge is 0.496 e. The summed E-state index contributed by atoms with van der Waals surface area (Å²) < 4.78 is 17.2. The zero-order chi connectivity index (χ0) is 22.9. The van der Waals surface area contributed by atoms with Gasteiger partial charge in [0.2, 0.25) is 5.89 Å². The van der Waals surface area contributed by atoms with Crippen molar-refractivity contribution in [1.82, 2.24) is 19.9 Å². The van der Waals surface area contributed by atoms with Crippen LogP contribution in [0.1, 0.15) is 48.1 Å². The number of aryl methyl sites for hydroxylation is 1. The highest BCUT2D eigenvalue weighted by Gasteiger charge is 2.28. The number of hydrogen-bond donors (Lipinski definition) is 1. The molecule has 0 amide bonds. The van der Waals surface area contributed by atoms with Crippen LogP contribution in [0.2, 0.25) is 0 Å². The zero-order valence-corrected chi connectivity index (χ0v) is 19.6. The lowest BCUT2D eigenvalue weighted by Crippen LogP contribution is -2.33. The molecule has 1 aliphatic rings. The number of hydrogen-bond acceptors (Lipinski definition) is 6. The number of aromatic nitrogens is 3. The lowest BCUT2D eigenvalue weighted by Gasteiger charge is -2.34. The third-order valence-corrected chi connectivity index (χ3v) is 6.59. The predicted molar refractivity (Wildman–Crippen MR) is 128 cm³/mol. The van der Waals surface area contributed by atoms with Crippen molar-refractivity contribution in [3.63, 3.8) is 0 Å². The van der Waals surface area contributed by atoms with Crippen LogP contribution in [-0.2, 0) is 6.54 Å². The van der Waals surface area contributed by atoms with Crippen LogP contribution in [0.5, 0.6) is 11.5 Å². The van der Waals surface area contributed by atoms with E-state index < -0.39 is 0 Å². The van der Waals surface area contributed by atoms with Crippen molar-refractivity contribution < 1.29 is 13.9 Å². The highest BCUT2D eigenvalue weighted by molar-refractivity contribution is 5.74. The molecule has 1 aliphatic heterocycles. The van der Waals surface area contributed by atoms with Gasteiger partial charge in [-0.25, -0.2) is 9.97 Å². The van der Waals surface area contributed by atoms with E-state index in [9.17, 15) is 0 Å². The topological polar surface area (TPSA) is 76.4 Å². The number of nitrogens with one attached hydrogen (secondary N) is 1. The molecule has 0 bridgehead atoms. The smallest absolute Gasteiger partial charge is 0.230 e. The molecule has 0 saturated carbocycles. The molecule has 1 saturated heterocycles. The molecule has 2 aromatic heterocycles. The van der Waals surface area contributed by atoms with Crippen LogP contribution in [0.3, 0.4) is 0 Å². The number of nitrogens with zero attached hydrogens (tertiary/aromatic N) is 3. The van der Waals surface area contributed by atoms with E-state index in [1.165, 1.54) is 12.8 Å². The van der Waals surface area contributed by atoms with E-state index in [1.54, 1.807) is 14.2 Å². The van der Waals surface area contributed by atoms with Crippen molar-refractivity contribution >= 4 is 11.0 Å². The summed E-state index contributed by atoms with van der Waals surface area (Å²) >= 11 is 0. The van der Waals surface area contributed by atoms with Crippen molar-refractivity contribution in [1.29, 1.82) is 0 Å². The zero-order valence-electron chi connectivity index (χ0n) is 19.6. The van der Waals surface area contributed by atoms with E-state index in [1.807, 2.05) is 38.1 Å². The number of benzene rings is 2. The predicted octanol–water partition coefficient (Wildman–Crippen LogP) is 5.58. The molecule has 3 heterocycles. The van der Waals surface area contributed by atoms with E-state index in [2.05, 4.69) is 22.0 Å². The number of piperidine rings is 1. The molecule has 4 aromatic rings. The molecule has 172 valence electrons. The summed E-state index contributed by atoms with van der Waals surface area (Å²) in [4.78, 5) is 15.8. The third-order valence-electron chi connectivity index (χ3n) is 6.59. The summed E-state index contributed by atoms with van der Waals surface area (Å²) in [6.07, 6.45) is 3.45. The molecule has 5 rings (SSSR count). The Morgan fingerprint density at radius 3 is 2.70 bits per heavy atom. The third kappa shape index (κ3) is 3.97. The molecule has 7 nitrogen and oxygen atoms in total. The van der Waals surface area contributed by atoms with Gasteiger partial charge in [-0.1, -0.05) is 18.6 Å². The van der Waals surface area contributed by atoms with Gasteiger partial charge in [0.25, 0.3) is 0 Å². The molecule has 0 spiro atoms. The van der Waals surface area contributed by atoms with Crippen LogP contribution in [0, 0.1) is 13.8 Å². The Balaban J connectivity index is 1.44. The monoisotopic (exact) mass is 446 g/mol. The van der Waals surface area contributed by atoms with Gasteiger partial charge in [0.1, 0.15) is 23.1 Å². The van der Waals surface area contributed by atoms with Crippen LogP contribution < -0.4 is 9.47 Å². The maximum Gasteiger partial charge on any atom is 0.230 e. The van der Waals surface area contributed by atoms with Crippen LogP contribution in [0.15, 0.2) is 40.8 Å².